The molecule has 4 rings (SSSR count). The van der Waals surface area contributed by atoms with Crippen LogP contribution in [0.15, 0.2) is 59.5 Å². The third-order valence-corrected chi connectivity index (χ3v) is 5.38. The molecular weight excluding hydrogens is 410 g/mol. The molecule has 9 heteroatoms. The quantitative estimate of drug-likeness (QED) is 0.587. The van der Waals surface area contributed by atoms with Crippen LogP contribution in [0.1, 0.15) is 39.4 Å². The second-order valence-corrected chi connectivity index (χ2v) is 7.51. The number of carbonyl (C=O) groups is 2. The van der Waals surface area contributed by atoms with E-state index < -0.39 is 5.91 Å². The van der Waals surface area contributed by atoms with Crippen molar-refractivity contribution in [3.63, 3.8) is 0 Å². The van der Waals surface area contributed by atoms with Crippen LogP contribution in [0.25, 0.3) is 0 Å². The van der Waals surface area contributed by atoms with E-state index in [4.69, 9.17) is 9.15 Å². The average molecular weight is 435 g/mol. The molecule has 1 saturated heterocycles. The first-order chi connectivity index (χ1) is 15.6. The molecule has 1 aliphatic heterocycles. The Morgan fingerprint density at radius 3 is 2.62 bits per heavy atom. The first kappa shape index (κ1) is 21.5. The van der Waals surface area contributed by atoms with Crippen molar-refractivity contribution < 1.29 is 18.7 Å². The van der Waals surface area contributed by atoms with Crippen molar-refractivity contribution in [3.8, 4) is 5.75 Å². The molecule has 0 bridgehead atoms. The van der Waals surface area contributed by atoms with Gasteiger partial charge in [0.05, 0.1) is 25.5 Å². The molecule has 166 valence electrons. The maximum atomic E-state index is 12.9. The summed E-state index contributed by atoms with van der Waals surface area (Å²) in [6.07, 6.45) is 6.17. The number of hydrogen-bond acceptors (Lipinski definition) is 7. The Morgan fingerprint density at radius 2 is 1.88 bits per heavy atom. The summed E-state index contributed by atoms with van der Waals surface area (Å²) in [4.78, 5) is 36.2. The van der Waals surface area contributed by atoms with Gasteiger partial charge in [0, 0.05) is 31.5 Å². The normalized spacial score (nSPS) is 14.7. The first-order valence-electron chi connectivity index (χ1n) is 10.4. The van der Waals surface area contributed by atoms with Gasteiger partial charge >= 0.3 is 0 Å². The predicted octanol–water partition coefficient (Wildman–Crippen LogP) is 2.72. The van der Waals surface area contributed by atoms with Gasteiger partial charge in [-0.3, -0.25) is 14.5 Å². The highest BCUT2D eigenvalue weighted by molar-refractivity contribution is 6.08. The number of para-hydroxylation sites is 1. The van der Waals surface area contributed by atoms with Gasteiger partial charge in [-0.05, 0) is 37.1 Å². The molecule has 9 nitrogen and oxygen atoms in total. The Morgan fingerprint density at radius 1 is 1.09 bits per heavy atom. The third kappa shape index (κ3) is 5.12. The van der Waals surface area contributed by atoms with Crippen LogP contribution in [-0.4, -0.2) is 52.9 Å². The number of piperidine rings is 1. The Bertz CT molecular complexity index is 1060. The number of amides is 2. The molecule has 3 aromatic rings. The van der Waals surface area contributed by atoms with Gasteiger partial charge in [-0.1, -0.05) is 12.1 Å². The van der Waals surface area contributed by atoms with Gasteiger partial charge < -0.3 is 19.8 Å². The zero-order chi connectivity index (χ0) is 22.3. The first-order valence-corrected chi connectivity index (χ1v) is 10.4. The van der Waals surface area contributed by atoms with Gasteiger partial charge in [0.15, 0.2) is 11.5 Å². The van der Waals surface area contributed by atoms with Crippen LogP contribution >= 0.6 is 0 Å². The summed E-state index contributed by atoms with van der Waals surface area (Å²) in [5, 5.41) is 5.70. The van der Waals surface area contributed by atoms with Crippen LogP contribution in [-0.2, 0) is 6.54 Å². The van der Waals surface area contributed by atoms with Gasteiger partial charge in [-0.25, -0.2) is 9.97 Å². The second-order valence-electron chi connectivity index (χ2n) is 7.51. The maximum Gasteiger partial charge on any atom is 0.273 e. The summed E-state index contributed by atoms with van der Waals surface area (Å²) in [7, 11) is 1.49. The number of methoxy groups -OCH3 is 1. The van der Waals surface area contributed by atoms with Gasteiger partial charge in [0.2, 0.25) is 0 Å². The van der Waals surface area contributed by atoms with Crippen LogP contribution in [0.4, 0.5) is 5.82 Å². The van der Waals surface area contributed by atoms with Crippen LogP contribution in [0.3, 0.4) is 0 Å². The SMILES string of the molecule is COc1ccccc1C(=O)Nc1nccnc1C(=O)NC1CCN(Cc2ccco2)CC1. The number of aromatic nitrogens is 2. The number of rotatable bonds is 7. The van der Waals surface area contributed by atoms with Crippen molar-refractivity contribution in [1.29, 1.82) is 0 Å². The number of carbonyl (C=O) groups excluding carboxylic acids is 2. The van der Waals surface area contributed by atoms with Crippen molar-refractivity contribution in [2.45, 2.75) is 25.4 Å². The second kappa shape index (κ2) is 10.1. The van der Waals surface area contributed by atoms with E-state index in [2.05, 4.69) is 25.5 Å². The molecule has 2 amide bonds. The standard InChI is InChI=1S/C23H25N5O4/c1-31-19-7-3-2-6-18(19)22(29)27-21-20(24-10-11-25-21)23(30)26-16-8-12-28(13-9-16)15-17-5-4-14-32-17/h2-7,10-11,14,16H,8-9,12-13,15H2,1H3,(H,26,30)(H,25,27,29). The fourth-order valence-electron chi connectivity index (χ4n) is 3.71. The lowest BCUT2D eigenvalue weighted by Gasteiger charge is -2.31. The van der Waals surface area contributed by atoms with Crippen molar-refractivity contribution in [1.82, 2.24) is 20.2 Å². The van der Waals surface area contributed by atoms with E-state index in [1.807, 2.05) is 12.1 Å². The summed E-state index contributed by atoms with van der Waals surface area (Å²) in [5.41, 5.74) is 0.421. The van der Waals surface area contributed by atoms with Crippen molar-refractivity contribution in [3.05, 3.63) is 72.1 Å². The van der Waals surface area contributed by atoms with Gasteiger partial charge in [-0.2, -0.15) is 0 Å². The average Bonchev–Trinajstić information content (AvgIpc) is 3.33. The van der Waals surface area contributed by atoms with Crippen LogP contribution in [0.2, 0.25) is 0 Å². The number of nitrogens with zero attached hydrogens (tertiary/aromatic N) is 3. The minimum absolute atomic E-state index is 0.0233. The van der Waals surface area contributed by atoms with E-state index in [-0.39, 0.29) is 23.5 Å². The summed E-state index contributed by atoms with van der Waals surface area (Å²) in [6.45, 7) is 2.46. The van der Waals surface area contributed by atoms with Gasteiger partial charge in [-0.15, -0.1) is 0 Å². The van der Waals surface area contributed by atoms with E-state index in [0.29, 0.717) is 11.3 Å². The molecule has 0 spiro atoms. The molecule has 32 heavy (non-hydrogen) atoms. The Kier molecular flexibility index (Phi) is 6.76. The zero-order valence-corrected chi connectivity index (χ0v) is 17.8. The molecule has 0 radical (unpaired) electrons. The fraction of sp³-hybridized carbons (Fsp3) is 0.304. The summed E-state index contributed by atoms with van der Waals surface area (Å²) < 4.78 is 10.6. The van der Waals surface area contributed by atoms with E-state index in [1.54, 1.807) is 30.5 Å². The van der Waals surface area contributed by atoms with Crippen molar-refractivity contribution in [2.75, 3.05) is 25.5 Å². The monoisotopic (exact) mass is 435 g/mol. The third-order valence-electron chi connectivity index (χ3n) is 5.38. The lowest BCUT2D eigenvalue weighted by Crippen LogP contribution is -2.44. The number of ether oxygens (including phenoxy) is 1. The number of likely N-dealkylation sites (tertiary alicyclic amines) is 1. The van der Waals surface area contributed by atoms with Crippen LogP contribution in [0.5, 0.6) is 5.75 Å². The highest BCUT2D eigenvalue weighted by Crippen LogP contribution is 2.20. The molecule has 2 aromatic heterocycles. The maximum absolute atomic E-state index is 12.9. The zero-order valence-electron chi connectivity index (χ0n) is 17.8. The number of hydrogen-bond donors (Lipinski definition) is 2. The number of benzene rings is 1. The molecule has 2 N–H and O–H groups in total. The Balaban J connectivity index is 1.37. The summed E-state index contributed by atoms with van der Waals surface area (Å²) in [5.74, 6) is 0.681. The predicted molar refractivity (Wildman–Crippen MR) is 117 cm³/mol. The van der Waals surface area contributed by atoms with Crippen molar-refractivity contribution in [2.24, 2.45) is 0 Å². The summed E-state index contributed by atoms with van der Waals surface area (Å²) in [6, 6.07) is 10.7. The largest absolute Gasteiger partial charge is 0.496 e. The van der Waals surface area contributed by atoms with E-state index in [9.17, 15) is 9.59 Å². The fourth-order valence-corrected chi connectivity index (χ4v) is 3.71. The van der Waals surface area contributed by atoms with Crippen LogP contribution < -0.4 is 15.4 Å². The van der Waals surface area contributed by atoms with E-state index in [0.717, 1.165) is 38.2 Å². The summed E-state index contributed by atoms with van der Waals surface area (Å²) >= 11 is 0. The molecule has 0 aliphatic carbocycles. The molecule has 0 unspecified atom stereocenters. The number of anilines is 1. The molecule has 3 heterocycles. The van der Waals surface area contributed by atoms with E-state index >= 15 is 0 Å². The molecule has 0 atom stereocenters. The molecule has 1 aliphatic rings. The molecule has 1 aromatic carbocycles. The van der Waals surface area contributed by atoms with Crippen molar-refractivity contribution >= 4 is 17.6 Å². The topological polar surface area (TPSA) is 110 Å². The smallest absolute Gasteiger partial charge is 0.273 e. The highest BCUT2D eigenvalue weighted by atomic mass is 16.5. The minimum atomic E-state index is -0.428. The highest BCUT2D eigenvalue weighted by Gasteiger charge is 2.24. The lowest BCUT2D eigenvalue weighted by atomic mass is 10.0. The van der Waals surface area contributed by atoms with Crippen LogP contribution in [0, 0.1) is 0 Å². The Labute approximate surface area is 185 Å². The molecular formula is C23H25N5O4. The molecule has 0 saturated carbocycles. The van der Waals surface area contributed by atoms with Gasteiger partial charge in [0.1, 0.15) is 11.5 Å². The van der Waals surface area contributed by atoms with Gasteiger partial charge in [0.25, 0.3) is 11.8 Å². The number of furan rings is 1. The molecule has 1 fully saturated rings. The Hall–Kier alpha value is -3.72. The minimum Gasteiger partial charge on any atom is -0.496 e. The van der Waals surface area contributed by atoms with E-state index in [1.165, 1.54) is 19.5 Å². The number of nitrogens with one attached hydrogen (secondary N) is 2. The lowest BCUT2D eigenvalue weighted by molar-refractivity contribution is 0.0902.